The number of nitrogens with zero attached hydrogens (tertiary/aromatic N) is 6. The molecule has 0 aliphatic carbocycles. The van der Waals surface area contributed by atoms with Gasteiger partial charge in [0.15, 0.2) is 11.6 Å². The predicted molar refractivity (Wildman–Crippen MR) is 81.3 cm³/mol. The largest absolute Gasteiger partial charge is 0.381 e. The average Bonchev–Trinajstić information content (AvgIpc) is 3.03. The third kappa shape index (κ3) is 2.07. The minimum Gasteiger partial charge on any atom is -0.381 e. The summed E-state index contributed by atoms with van der Waals surface area (Å²) in [7, 11) is 0. The van der Waals surface area contributed by atoms with Crippen LogP contribution in [0.4, 0.5) is 5.82 Å². The number of hydrogen-bond acceptors (Lipinski definition) is 6. The van der Waals surface area contributed by atoms with Crippen molar-refractivity contribution in [1.82, 2.24) is 24.7 Å². The Bertz CT molecular complexity index is 684. The van der Waals surface area contributed by atoms with Crippen LogP contribution in [0.2, 0.25) is 5.28 Å². The highest BCUT2D eigenvalue weighted by atomic mass is 35.5. The molecule has 1 atom stereocenters. The molecule has 2 aliphatic rings. The van der Waals surface area contributed by atoms with Crippen LogP contribution in [0.25, 0.3) is 5.69 Å². The van der Waals surface area contributed by atoms with Crippen molar-refractivity contribution < 1.29 is 4.74 Å². The molecule has 0 amide bonds. The highest BCUT2D eigenvalue weighted by Crippen LogP contribution is 2.40. The predicted octanol–water partition coefficient (Wildman–Crippen LogP) is 2.16. The Kier molecular flexibility index (Phi) is 3.46. The van der Waals surface area contributed by atoms with Crippen molar-refractivity contribution in [3.63, 3.8) is 0 Å². The molecule has 2 aliphatic heterocycles. The Morgan fingerprint density at radius 3 is 2.95 bits per heavy atom. The zero-order valence-electron chi connectivity index (χ0n) is 12.3. The fraction of sp³-hybridized carbons (Fsp3) is 0.571. The van der Waals surface area contributed by atoms with Crippen LogP contribution < -0.4 is 4.90 Å². The lowest BCUT2D eigenvalue weighted by Crippen LogP contribution is -2.45. The number of aromatic nitrogens is 5. The Balaban J connectivity index is 1.87. The van der Waals surface area contributed by atoms with E-state index in [4.69, 9.17) is 16.3 Å². The van der Waals surface area contributed by atoms with Gasteiger partial charge in [-0.3, -0.25) is 4.57 Å². The summed E-state index contributed by atoms with van der Waals surface area (Å²) in [6, 6.07) is 0.512. The van der Waals surface area contributed by atoms with Gasteiger partial charge in [0.2, 0.25) is 5.28 Å². The van der Waals surface area contributed by atoms with E-state index in [0.717, 1.165) is 49.8 Å². The molecule has 0 spiro atoms. The van der Waals surface area contributed by atoms with Gasteiger partial charge in [-0.25, -0.2) is 4.98 Å². The van der Waals surface area contributed by atoms with Crippen LogP contribution in [0.1, 0.15) is 38.1 Å². The highest BCUT2D eigenvalue weighted by molar-refractivity contribution is 6.28. The second-order valence-corrected chi connectivity index (χ2v) is 5.92. The minimum absolute atomic E-state index is 0.143. The van der Waals surface area contributed by atoms with E-state index < -0.39 is 0 Å². The molecule has 0 saturated carbocycles. The zero-order valence-corrected chi connectivity index (χ0v) is 13.1. The third-order valence-electron chi connectivity index (χ3n) is 4.40. The smallest absolute Gasteiger partial charge is 0.224 e. The number of anilines is 1. The molecule has 0 unspecified atom stereocenters. The Labute approximate surface area is 133 Å². The molecule has 0 radical (unpaired) electrons. The van der Waals surface area contributed by atoms with Crippen molar-refractivity contribution in [1.29, 1.82) is 0 Å². The number of rotatable bonds is 2. The van der Waals surface area contributed by atoms with Crippen LogP contribution >= 0.6 is 11.6 Å². The summed E-state index contributed by atoms with van der Waals surface area (Å²) in [5, 5.41) is 8.67. The fourth-order valence-corrected chi connectivity index (χ4v) is 3.53. The summed E-state index contributed by atoms with van der Waals surface area (Å²) in [6.45, 7) is 3.71. The van der Waals surface area contributed by atoms with Gasteiger partial charge in [-0.15, -0.1) is 10.2 Å². The van der Waals surface area contributed by atoms with E-state index in [0.29, 0.717) is 6.04 Å². The van der Waals surface area contributed by atoms with Crippen LogP contribution in [0.5, 0.6) is 0 Å². The standard InChI is InChI=1S/C14H17ClN6O/c1-2-10-13-19-17-8-20(13)11-7-16-14(15)18-12(11)21(10)9-3-5-22-6-4-9/h7-10H,2-6H2,1H3/t10-/m1/s1. The molecule has 0 aromatic carbocycles. The van der Waals surface area contributed by atoms with Crippen molar-refractivity contribution >= 4 is 17.4 Å². The zero-order chi connectivity index (χ0) is 15.1. The monoisotopic (exact) mass is 320 g/mol. The first kappa shape index (κ1) is 13.9. The van der Waals surface area contributed by atoms with Gasteiger partial charge in [-0.1, -0.05) is 6.92 Å². The topological polar surface area (TPSA) is 69.0 Å². The first-order valence-corrected chi connectivity index (χ1v) is 7.96. The molecule has 7 nitrogen and oxygen atoms in total. The molecule has 4 heterocycles. The van der Waals surface area contributed by atoms with Crippen molar-refractivity contribution in [2.75, 3.05) is 18.1 Å². The van der Waals surface area contributed by atoms with Gasteiger partial charge < -0.3 is 9.64 Å². The maximum atomic E-state index is 6.06. The van der Waals surface area contributed by atoms with E-state index in [-0.39, 0.29) is 11.3 Å². The SMILES string of the molecule is CC[C@@H]1c2nncn2-c2cnc(Cl)nc2N1C1CCOCC1. The van der Waals surface area contributed by atoms with Gasteiger partial charge in [0.25, 0.3) is 0 Å². The maximum Gasteiger partial charge on any atom is 0.224 e. The van der Waals surface area contributed by atoms with Crippen LogP contribution in [0.3, 0.4) is 0 Å². The van der Waals surface area contributed by atoms with E-state index in [1.54, 1.807) is 12.5 Å². The highest BCUT2D eigenvalue weighted by Gasteiger charge is 2.38. The van der Waals surface area contributed by atoms with Gasteiger partial charge >= 0.3 is 0 Å². The van der Waals surface area contributed by atoms with Gasteiger partial charge in [0.05, 0.1) is 12.2 Å². The van der Waals surface area contributed by atoms with E-state index in [9.17, 15) is 0 Å². The van der Waals surface area contributed by atoms with Crippen molar-refractivity contribution in [2.45, 2.75) is 38.3 Å². The summed E-state index contributed by atoms with van der Waals surface area (Å²) < 4.78 is 7.47. The molecule has 1 saturated heterocycles. The molecule has 8 heteroatoms. The van der Waals surface area contributed by atoms with E-state index in [1.165, 1.54) is 0 Å². The quantitative estimate of drug-likeness (QED) is 0.790. The lowest BCUT2D eigenvalue weighted by atomic mass is 10.0. The van der Waals surface area contributed by atoms with Crippen LogP contribution in [0, 0.1) is 0 Å². The number of ether oxygens (including phenoxy) is 1. The minimum atomic E-state index is 0.143. The number of fused-ring (bicyclic) bond motifs is 3. The number of halogens is 1. The molecule has 1 fully saturated rings. The van der Waals surface area contributed by atoms with Crippen LogP contribution in [-0.4, -0.2) is 44.0 Å². The summed E-state index contributed by atoms with van der Waals surface area (Å²) in [5.41, 5.74) is 0.889. The third-order valence-corrected chi connectivity index (χ3v) is 4.59. The number of hydrogen-bond donors (Lipinski definition) is 0. The normalized spacial score (nSPS) is 21.5. The first-order chi connectivity index (χ1) is 10.8. The maximum absolute atomic E-state index is 6.06. The molecular formula is C14H17ClN6O. The van der Waals surface area contributed by atoms with Crippen molar-refractivity contribution in [3.8, 4) is 5.69 Å². The van der Waals surface area contributed by atoms with Gasteiger partial charge in [-0.05, 0) is 30.9 Å². The lowest BCUT2D eigenvalue weighted by molar-refractivity contribution is 0.0817. The van der Waals surface area contributed by atoms with Crippen LogP contribution in [-0.2, 0) is 4.74 Å². The molecular weight excluding hydrogens is 304 g/mol. The van der Waals surface area contributed by atoms with Crippen LogP contribution in [0.15, 0.2) is 12.5 Å². The molecule has 116 valence electrons. The summed E-state index contributed by atoms with van der Waals surface area (Å²) in [4.78, 5) is 11.0. The Hall–Kier alpha value is -1.73. The van der Waals surface area contributed by atoms with Gasteiger partial charge in [0.1, 0.15) is 12.0 Å². The second kappa shape index (κ2) is 5.48. The molecule has 0 bridgehead atoms. The summed E-state index contributed by atoms with van der Waals surface area (Å²) >= 11 is 6.06. The molecule has 2 aromatic rings. The van der Waals surface area contributed by atoms with Gasteiger partial charge in [0, 0.05) is 19.3 Å². The Morgan fingerprint density at radius 2 is 2.18 bits per heavy atom. The first-order valence-electron chi connectivity index (χ1n) is 7.58. The van der Waals surface area contributed by atoms with E-state index in [1.807, 2.05) is 4.57 Å². The van der Waals surface area contributed by atoms with Crippen molar-refractivity contribution in [3.05, 3.63) is 23.6 Å². The second-order valence-electron chi connectivity index (χ2n) is 5.58. The van der Waals surface area contributed by atoms with E-state index in [2.05, 4.69) is 32.0 Å². The molecule has 4 rings (SSSR count). The molecule has 2 aromatic heterocycles. The summed E-state index contributed by atoms with van der Waals surface area (Å²) in [5.74, 6) is 1.80. The van der Waals surface area contributed by atoms with Gasteiger partial charge in [-0.2, -0.15) is 4.98 Å². The Morgan fingerprint density at radius 1 is 1.36 bits per heavy atom. The molecule has 0 N–H and O–H groups in total. The van der Waals surface area contributed by atoms with Crippen molar-refractivity contribution in [2.24, 2.45) is 0 Å². The summed E-state index contributed by atoms with van der Waals surface area (Å²) in [6.07, 6.45) is 6.35. The fourth-order valence-electron chi connectivity index (χ4n) is 3.40. The van der Waals surface area contributed by atoms with E-state index >= 15 is 0 Å². The average molecular weight is 321 g/mol. The lowest BCUT2D eigenvalue weighted by Gasteiger charge is -2.43. The molecule has 22 heavy (non-hydrogen) atoms.